The first-order valence-corrected chi connectivity index (χ1v) is 7.18. The summed E-state index contributed by atoms with van der Waals surface area (Å²) in [6, 6.07) is 5.42. The Bertz CT molecular complexity index is 461. The number of carbonyl (C=O) groups excluding carboxylic acids is 1. The monoisotopic (exact) mass is 281 g/mol. The first-order chi connectivity index (χ1) is 9.06. The number of anilines is 1. The molecule has 0 heterocycles. The lowest BCUT2D eigenvalue weighted by atomic mass is 9.88. The summed E-state index contributed by atoms with van der Waals surface area (Å²) in [6.07, 6.45) is 4.11. The zero-order valence-corrected chi connectivity index (χ0v) is 12.2. The summed E-state index contributed by atoms with van der Waals surface area (Å²) < 4.78 is 5.51. The van der Waals surface area contributed by atoms with E-state index in [2.05, 4.69) is 12.2 Å². The fourth-order valence-corrected chi connectivity index (χ4v) is 2.64. The summed E-state index contributed by atoms with van der Waals surface area (Å²) in [5.74, 6) is 0.444. The molecular formula is C15H20ClNO2. The first-order valence-electron chi connectivity index (χ1n) is 6.80. The maximum atomic E-state index is 11.9. The van der Waals surface area contributed by atoms with Gasteiger partial charge in [0, 0.05) is 10.7 Å². The van der Waals surface area contributed by atoms with E-state index >= 15 is 0 Å². The van der Waals surface area contributed by atoms with Crippen LogP contribution in [0.1, 0.15) is 38.2 Å². The molecule has 0 unspecified atom stereocenters. The summed E-state index contributed by atoms with van der Waals surface area (Å²) in [6.45, 7) is 4.07. The third-order valence-corrected chi connectivity index (χ3v) is 3.96. The van der Waals surface area contributed by atoms with E-state index in [-0.39, 0.29) is 12.2 Å². The third kappa shape index (κ3) is 3.87. The van der Waals surface area contributed by atoms with Crippen molar-refractivity contribution in [3.8, 4) is 0 Å². The summed E-state index contributed by atoms with van der Waals surface area (Å²) in [5.41, 5.74) is 1.68. The zero-order valence-electron chi connectivity index (χ0n) is 11.4. The molecule has 0 spiro atoms. The van der Waals surface area contributed by atoms with Gasteiger partial charge in [-0.05, 0) is 49.8 Å². The topological polar surface area (TPSA) is 38.3 Å². The molecule has 1 N–H and O–H groups in total. The number of nitrogens with one attached hydrogen (secondary N) is 1. The molecule has 0 bridgehead atoms. The zero-order chi connectivity index (χ0) is 13.8. The molecule has 0 aromatic heterocycles. The summed E-state index contributed by atoms with van der Waals surface area (Å²) in [4.78, 5) is 11.9. The second kappa shape index (κ2) is 6.29. The van der Waals surface area contributed by atoms with E-state index < -0.39 is 0 Å². The molecule has 1 aliphatic rings. The van der Waals surface area contributed by atoms with Crippen LogP contribution in [0.15, 0.2) is 18.2 Å². The molecule has 1 aliphatic carbocycles. The van der Waals surface area contributed by atoms with Crippen LogP contribution in [-0.4, -0.2) is 12.2 Å². The number of aryl methyl sites for hydroxylation is 1. The highest BCUT2D eigenvalue weighted by Crippen LogP contribution is 2.27. The highest BCUT2D eigenvalue weighted by Gasteiger charge is 2.24. The average molecular weight is 282 g/mol. The van der Waals surface area contributed by atoms with Gasteiger partial charge in [0.05, 0.1) is 0 Å². The SMILES string of the molecule is Cc1ccc(Cl)cc1NC(=O)O[C@H]1CCCC[C@H]1C. The summed E-state index contributed by atoms with van der Waals surface area (Å²) in [7, 11) is 0. The quantitative estimate of drug-likeness (QED) is 0.847. The van der Waals surface area contributed by atoms with Crippen molar-refractivity contribution in [2.75, 3.05) is 5.32 Å². The van der Waals surface area contributed by atoms with E-state index in [4.69, 9.17) is 16.3 Å². The van der Waals surface area contributed by atoms with Crippen molar-refractivity contribution in [2.45, 2.75) is 45.6 Å². The normalized spacial score (nSPS) is 22.9. The standard InChI is InChI=1S/C15H20ClNO2/c1-10-7-8-12(16)9-13(10)17-15(18)19-14-6-4-3-5-11(14)2/h7-9,11,14H,3-6H2,1-2H3,(H,17,18)/t11-,14+/m1/s1. The van der Waals surface area contributed by atoms with Crippen LogP contribution in [0.25, 0.3) is 0 Å². The van der Waals surface area contributed by atoms with Crippen molar-refractivity contribution in [1.82, 2.24) is 0 Å². The van der Waals surface area contributed by atoms with Gasteiger partial charge in [0.2, 0.25) is 0 Å². The number of hydrogen-bond acceptors (Lipinski definition) is 2. The van der Waals surface area contributed by atoms with Crippen LogP contribution in [0.3, 0.4) is 0 Å². The number of carbonyl (C=O) groups is 1. The number of halogens is 1. The third-order valence-electron chi connectivity index (χ3n) is 3.73. The van der Waals surface area contributed by atoms with Crippen molar-refractivity contribution in [1.29, 1.82) is 0 Å². The molecular weight excluding hydrogens is 262 g/mol. The fraction of sp³-hybridized carbons (Fsp3) is 0.533. The minimum Gasteiger partial charge on any atom is -0.446 e. The predicted octanol–water partition coefficient (Wildman–Crippen LogP) is 4.78. The average Bonchev–Trinajstić information content (AvgIpc) is 2.37. The van der Waals surface area contributed by atoms with Crippen LogP contribution in [0.5, 0.6) is 0 Å². The van der Waals surface area contributed by atoms with Crippen LogP contribution in [0, 0.1) is 12.8 Å². The van der Waals surface area contributed by atoms with E-state index in [1.165, 1.54) is 6.42 Å². The lowest BCUT2D eigenvalue weighted by Crippen LogP contribution is -2.30. The van der Waals surface area contributed by atoms with E-state index in [0.29, 0.717) is 16.6 Å². The fourth-order valence-electron chi connectivity index (χ4n) is 2.46. The van der Waals surface area contributed by atoms with Crippen molar-refractivity contribution >= 4 is 23.4 Å². The number of rotatable bonds is 2. The van der Waals surface area contributed by atoms with E-state index in [1.807, 2.05) is 13.0 Å². The van der Waals surface area contributed by atoms with Gasteiger partial charge in [0.1, 0.15) is 6.10 Å². The van der Waals surface area contributed by atoms with Crippen molar-refractivity contribution in [3.05, 3.63) is 28.8 Å². The molecule has 4 heteroatoms. The van der Waals surface area contributed by atoms with Gasteiger partial charge >= 0.3 is 6.09 Å². The second-order valence-corrected chi connectivity index (χ2v) is 5.73. The minimum absolute atomic E-state index is 0.0354. The van der Waals surface area contributed by atoms with Gasteiger partial charge in [-0.1, -0.05) is 31.0 Å². The molecule has 0 saturated heterocycles. The molecule has 104 valence electrons. The molecule has 2 atom stereocenters. The molecule has 1 aromatic rings. The molecule has 1 amide bonds. The van der Waals surface area contributed by atoms with Crippen LogP contribution < -0.4 is 5.32 Å². The molecule has 1 aromatic carbocycles. The van der Waals surface area contributed by atoms with Gasteiger partial charge in [-0.2, -0.15) is 0 Å². The number of hydrogen-bond donors (Lipinski definition) is 1. The molecule has 0 radical (unpaired) electrons. The summed E-state index contributed by atoms with van der Waals surface area (Å²) >= 11 is 5.92. The van der Waals surface area contributed by atoms with Gasteiger partial charge in [-0.15, -0.1) is 0 Å². The molecule has 1 fully saturated rings. The number of benzene rings is 1. The predicted molar refractivity (Wildman–Crippen MR) is 77.7 cm³/mol. The van der Waals surface area contributed by atoms with Crippen LogP contribution >= 0.6 is 11.6 Å². The molecule has 3 nitrogen and oxygen atoms in total. The van der Waals surface area contributed by atoms with Crippen LogP contribution in [0.4, 0.5) is 10.5 Å². The van der Waals surface area contributed by atoms with Gasteiger partial charge in [-0.25, -0.2) is 4.79 Å². The highest BCUT2D eigenvalue weighted by molar-refractivity contribution is 6.30. The van der Waals surface area contributed by atoms with Crippen LogP contribution in [0.2, 0.25) is 5.02 Å². The lowest BCUT2D eigenvalue weighted by Gasteiger charge is -2.28. The minimum atomic E-state index is -0.385. The Balaban J connectivity index is 1.95. The Labute approximate surface area is 119 Å². The molecule has 19 heavy (non-hydrogen) atoms. The van der Waals surface area contributed by atoms with Crippen molar-refractivity contribution in [3.63, 3.8) is 0 Å². The maximum Gasteiger partial charge on any atom is 0.411 e. The van der Waals surface area contributed by atoms with E-state index in [9.17, 15) is 4.79 Å². The Morgan fingerprint density at radius 3 is 2.84 bits per heavy atom. The van der Waals surface area contributed by atoms with Gasteiger partial charge in [0.25, 0.3) is 0 Å². The highest BCUT2D eigenvalue weighted by atomic mass is 35.5. The smallest absolute Gasteiger partial charge is 0.411 e. The van der Waals surface area contributed by atoms with Gasteiger partial charge in [0.15, 0.2) is 0 Å². The number of ether oxygens (including phenoxy) is 1. The van der Waals surface area contributed by atoms with E-state index in [1.54, 1.807) is 12.1 Å². The molecule has 1 saturated carbocycles. The van der Waals surface area contributed by atoms with Crippen LogP contribution in [-0.2, 0) is 4.74 Å². The largest absolute Gasteiger partial charge is 0.446 e. The summed E-state index contributed by atoms with van der Waals surface area (Å²) in [5, 5.41) is 3.38. The molecule has 0 aliphatic heterocycles. The van der Waals surface area contributed by atoms with Crippen molar-refractivity contribution < 1.29 is 9.53 Å². The second-order valence-electron chi connectivity index (χ2n) is 5.29. The lowest BCUT2D eigenvalue weighted by molar-refractivity contribution is 0.0524. The van der Waals surface area contributed by atoms with Gasteiger partial charge < -0.3 is 4.74 Å². The number of amides is 1. The van der Waals surface area contributed by atoms with E-state index in [0.717, 1.165) is 24.8 Å². The maximum absolute atomic E-state index is 11.9. The Kier molecular flexibility index (Phi) is 4.70. The Morgan fingerprint density at radius 2 is 2.11 bits per heavy atom. The Hall–Kier alpha value is -1.22. The van der Waals surface area contributed by atoms with Gasteiger partial charge in [-0.3, -0.25) is 5.32 Å². The van der Waals surface area contributed by atoms with Crippen molar-refractivity contribution in [2.24, 2.45) is 5.92 Å². The first kappa shape index (κ1) is 14.2. The Morgan fingerprint density at radius 1 is 1.37 bits per heavy atom. The molecule has 2 rings (SSSR count).